The molecular formula is C20H19N5O4. The number of hydrogen-bond donors (Lipinski definition) is 1. The third kappa shape index (κ3) is 3.24. The molecule has 1 aliphatic rings. The van der Waals surface area contributed by atoms with Gasteiger partial charge >= 0.3 is 0 Å². The fourth-order valence-electron chi connectivity index (χ4n) is 3.52. The predicted octanol–water partition coefficient (Wildman–Crippen LogP) is 2.59. The van der Waals surface area contributed by atoms with E-state index in [2.05, 4.69) is 20.4 Å². The van der Waals surface area contributed by atoms with Gasteiger partial charge in [0.25, 0.3) is 0 Å². The van der Waals surface area contributed by atoms with E-state index in [0.717, 1.165) is 18.2 Å². The lowest BCUT2D eigenvalue weighted by atomic mass is 10.1. The summed E-state index contributed by atoms with van der Waals surface area (Å²) in [6.45, 7) is 0.377. The third-order valence-electron chi connectivity index (χ3n) is 4.95. The second-order valence-corrected chi connectivity index (χ2v) is 6.90. The molecule has 9 nitrogen and oxygen atoms in total. The van der Waals surface area contributed by atoms with Crippen molar-refractivity contribution >= 4 is 22.5 Å². The first-order valence-corrected chi connectivity index (χ1v) is 9.41. The van der Waals surface area contributed by atoms with Crippen molar-refractivity contribution in [1.82, 2.24) is 24.9 Å². The van der Waals surface area contributed by atoms with Crippen molar-refractivity contribution < 1.29 is 18.7 Å². The minimum atomic E-state index is 0.00587. The molecule has 4 aromatic rings. The topological polar surface area (TPSA) is 104 Å². The highest BCUT2D eigenvalue weighted by atomic mass is 16.5. The van der Waals surface area contributed by atoms with Gasteiger partial charge in [0, 0.05) is 24.8 Å². The number of aromatic nitrogens is 4. The number of hydrogen-bond acceptors (Lipinski definition) is 7. The molecule has 0 saturated carbocycles. The van der Waals surface area contributed by atoms with E-state index < -0.39 is 0 Å². The van der Waals surface area contributed by atoms with E-state index in [0.29, 0.717) is 47.5 Å². The van der Waals surface area contributed by atoms with Gasteiger partial charge in [0.2, 0.25) is 17.7 Å². The molecule has 5 heterocycles. The Labute approximate surface area is 165 Å². The fourth-order valence-corrected chi connectivity index (χ4v) is 3.52. The summed E-state index contributed by atoms with van der Waals surface area (Å²) < 4.78 is 18.8. The molecule has 1 aliphatic heterocycles. The van der Waals surface area contributed by atoms with Crippen molar-refractivity contribution in [2.75, 3.05) is 13.7 Å². The molecule has 1 N–H and O–H groups in total. The number of furan rings is 1. The van der Waals surface area contributed by atoms with E-state index in [1.807, 2.05) is 12.1 Å². The van der Waals surface area contributed by atoms with Crippen LogP contribution in [0.25, 0.3) is 28.1 Å². The van der Waals surface area contributed by atoms with Gasteiger partial charge in [0.1, 0.15) is 17.9 Å². The Morgan fingerprint density at radius 1 is 1.31 bits per heavy atom. The zero-order valence-corrected chi connectivity index (χ0v) is 15.8. The molecule has 4 aromatic heterocycles. The number of pyridine rings is 1. The van der Waals surface area contributed by atoms with Crippen LogP contribution in [-0.2, 0) is 4.79 Å². The minimum Gasteiger partial charge on any atom is -0.480 e. The van der Waals surface area contributed by atoms with Crippen LogP contribution >= 0.6 is 0 Å². The van der Waals surface area contributed by atoms with Gasteiger partial charge in [-0.25, -0.2) is 14.5 Å². The van der Waals surface area contributed by atoms with Crippen molar-refractivity contribution in [3.63, 3.8) is 0 Å². The van der Waals surface area contributed by atoms with Gasteiger partial charge in [-0.1, -0.05) is 0 Å². The molecule has 1 unspecified atom stereocenters. The molecular weight excluding hydrogens is 374 g/mol. The Balaban J connectivity index is 1.44. The summed E-state index contributed by atoms with van der Waals surface area (Å²) in [7, 11) is 1.57. The average molecular weight is 393 g/mol. The van der Waals surface area contributed by atoms with E-state index >= 15 is 0 Å². The number of nitrogens with one attached hydrogen (secondary N) is 1. The smallest absolute Gasteiger partial charge is 0.231 e. The van der Waals surface area contributed by atoms with E-state index in [-0.39, 0.29) is 11.9 Å². The highest BCUT2D eigenvalue weighted by molar-refractivity contribution is 5.86. The number of imidazole rings is 1. The minimum absolute atomic E-state index is 0.00587. The molecule has 0 radical (unpaired) electrons. The van der Waals surface area contributed by atoms with Gasteiger partial charge in [-0.05, 0) is 25.0 Å². The first kappa shape index (κ1) is 17.5. The third-order valence-corrected chi connectivity index (χ3v) is 4.95. The Bertz CT molecular complexity index is 1200. The molecule has 9 heteroatoms. The highest BCUT2D eigenvalue weighted by Gasteiger charge is 2.19. The summed E-state index contributed by atoms with van der Waals surface area (Å²) >= 11 is 0. The lowest BCUT2D eigenvalue weighted by Gasteiger charge is -2.22. The average Bonchev–Trinajstić information content (AvgIpc) is 3.35. The van der Waals surface area contributed by atoms with Crippen LogP contribution in [0.4, 0.5) is 0 Å². The molecule has 0 aromatic carbocycles. The quantitative estimate of drug-likeness (QED) is 0.556. The van der Waals surface area contributed by atoms with E-state index in [1.54, 1.807) is 36.2 Å². The summed E-state index contributed by atoms with van der Waals surface area (Å²) in [4.78, 5) is 20.1. The summed E-state index contributed by atoms with van der Waals surface area (Å²) in [5.74, 6) is 1.62. The van der Waals surface area contributed by atoms with Gasteiger partial charge < -0.3 is 19.2 Å². The molecule has 1 amide bonds. The van der Waals surface area contributed by atoms with Crippen molar-refractivity contribution in [2.24, 2.45) is 0 Å². The number of amides is 1. The molecule has 0 spiro atoms. The molecule has 148 valence electrons. The number of carbonyl (C=O) groups is 1. The summed E-state index contributed by atoms with van der Waals surface area (Å²) in [6, 6.07) is 7.24. The fraction of sp³-hybridized carbons (Fsp3) is 0.300. The standard InChI is InChI=1S/C20H19N5O4/c1-27-20-13-9-16(29-15(13)7-8-21-20)14-10-22-17-5-6-19(24-25(14)17)28-11-12-3-2-4-18(26)23-12/h5-10,12H,2-4,11H2,1H3,(H,23,26). The number of rotatable bonds is 5. The lowest BCUT2D eigenvalue weighted by Crippen LogP contribution is -2.42. The van der Waals surface area contributed by atoms with Gasteiger partial charge in [0.15, 0.2) is 11.4 Å². The normalized spacial score (nSPS) is 16.9. The van der Waals surface area contributed by atoms with E-state index in [9.17, 15) is 4.79 Å². The van der Waals surface area contributed by atoms with Crippen molar-refractivity contribution in [3.8, 4) is 23.2 Å². The Kier molecular flexibility index (Phi) is 4.27. The second-order valence-electron chi connectivity index (χ2n) is 6.90. The number of ether oxygens (including phenoxy) is 2. The van der Waals surface area contributed by atoms with Gasteiger partial charge in [-0.3, -0.25) is 4.79 Å². The molecule has 1 atom stereocenters. The summed E-state index contributed by atoms with van der Waals surface area (Å²) in [5.41, 5.74) is 2.03. The van der Waals surface area contributed by atoms with Crippen LogP contribution in [0.2, 0.25) is 0 Å². The van der Waals surface area contributed by atoms with Crippen LogP contribution < -0.4 is 14.8 Å². The summed E-state index contributed by atoms with van der Waals surface area (Å²) in [6.07, 6.45) is 5.70. The van der Waals surface area contributed by atoms with Crippen LogP contribution in [0.15, 0.2) is 41.1 Å². The van der Waals surface area contributed by atoms with E-state index in [4.69, 9.17) is 13.9 Å². The Morgan fingerprint density at radius 3 is 3.10 bits per heavy atom. The number of nitrogens with zero attached hydrogens (tertiary/aromatic N) is 4. The van der Waals surface area contributed by atoms with Crippen molar-refractivity contribution in [3.05, 3.63) is 36.7 Å². The van der Waals surface area contributed by atoms with Gasteiger partial charge in [0.05, 0.1) is 24.7 Å². The maximum Gasteiger partial charge on any atom is 0.231 e. The van der Waals surface area contributed by atoms with Crippen LogP contribution in [0.3, 0.4) is 0 Å². The number of carbonyl (C=O) groups excluding carboxylic acids is 1. The van der Waals surface area contributed by atoms with Crippen LogP contribution in [0, 0.1) is 0 Å². The molecule has 29 heavy (non-hydrogen) atoms. The highest BCUT2D eigenvalue weighted by Crippen LogP contribution is 2.32. The number of methoxy groups -OCH3 is 1. The molecule has 0 bridgehead atoms. The predicted molar refractivity (Wildman–Crippen MR) is 104 cm³/mol. The van der Waals surface area contributed by atoms with Crippen LogP contribution in [0.1, 0.15) is 19.3 Å². The Morgan fingerprint density at radius 2 is 2.24 bits per heavy atom. The maximum atomic E-state index is 11.5. The number of piperidine rings is 1. The Hall–Kier alpha value is -3.62. The molecule has 1 fully saturated rings. The second kappa shape index (κ2) is 7.08. The summed E-state index contributed by atoms with van der Waals surface area (Å²) in [5, 5.41) is 8.26. The van der Waals surface area contributed by atoms with Crippen molar-refractivity contribution in [1.29, 1.82) is 0 Å². The van der Waals surface area contributed by atoms with Crippen molar-refractivity contribution in [2.45, 2.75) is 25.3 Å². The first-order valence-electron chi connectivity index (χ1n) is 9.41. The number of fused-ring (bicyclic) bond motifs is 2. The molecule has 1 saturated heterocycles. The van der Waals surface area contributed by atoms with Crippen LogP contribution in [0.5, 0.6) is 11.8 Å². The zero-order valence-electron chi connectivity index (χ0n) is 15.8. The van der Waals surface area contributed by atoms with Gasteiger partial charge in [-0.2, -0.15) is 0 Å². The molecule has 5 rings (SSSR count). The van der Waals surface area contributed by atoms with Gasteiger partial charge in [-0.15, -0.1) is 5.10 Å². The SMILES string of the molecule is COc1nccc2oc(-c3cnc4ccc(OCC5CCCC(=O)N5)nn34)cc12. The lowest BCUT2D eigenvalue weighted by molar-refractivity contribution is -0.123. The van der Waals surface area contributed by atoms with Crippen LogP contribution in [-0.4, -0.2) is 45.2 Å². The largest absolute Gasteiger partial charge is 0.480 e. The van der Waals surface area contributed by atoms with E-state index in [1.165, 1.54) is 0 Å². The monoisotopic (exact) mass is 393 g/mol. The zero-order chi connectivity index (χ0) is 19.8. The first-order chi connectivity index (χ1) is 14.2. The molecule has 0 aliphatic carbocycles. The maximum absolute atomic E-state index is 11.5.